The minimum absolute atomic E-state index is 0.117. The van der Waals surface area contributed by atoms with Gasteiger partial charge in [-0.2, -0.15) is 12.7 Å². The molecule has 0 unspecified atom stereocenters. The van der Waals surface area contributed by atoms with Gasteiger partial charge in [0.15, 0.2) is 0 Å². The van der Waals surface area contributed by atoms with Crippen molar-refractivity contribution in [2.75, 3.05) is 26.7 Å². The standard InChI is InChI=1S/C6H14N4O3S/c1-8-2-6(11)9-5-3-10(4-5)14(7,12)13/h5,8H,2-4H2,1H3,(H,9,11)(H2,7,12,13). The van der Waals surface area contributed by atoms with Crippen LogP contribution in [-0.2, 0) is 15.0 Å². The maximum Gasteiger partial charge on any atom is 0.277 e. The zero-order chi connectivity index (χ0) is 10.8. The minimum atomic E-state index is -3.58. The molecule has 0 atom stereocenters. The van der Waals surface area contributed by atoms with Gasteiger partial charge in [-0.25, -0.2) is 5.14 Å². The third-order valence-corrected chi connectivity index (χ3v) is 2.93. The number of likely N-dealkylation sites (N-methyl/N-ethyl adjacent to an activating group) is 1. The highest BCUT2D eigenvalue weighted by Crippen LogP contribution is 2.09. The SMILES string of the molecule is CNCC(=O)NC1CN(S(N)(=O)=O)C1. The van der Waals surface area contributed by atoms with Gasteiger partial charge in [-0.15, -0.1) is 0 Å². The Labute approximate surface area is 82.8 Å². The summed E-state index contributed by atoms with van der Waals surface area (Å²) in [6.07, 6.45) is 0. The number of hydrogen-bond acceptors (Lipinski definition) is 4. The van der Waals surface area contributed by atoms with Crippen LogP contribution in [0.25, 0.3) is 0 Å². The van der Waals surface area contributed by atoms with Crippen LogP contribution >= 0.6 is 0 Å². The Hall–Kier alpha value is -0.700. The largest absolute Gasteiger partial charge is 0.350 e. The molecule has 1 aliphatic rings. The molecule has 0 aromatic heterocycles. The van der Waals surface area contributed by atoms with Crippen LogP contribution in [0, 0.1) is 0 Å². The van der Waals surface area contributed by atoms with Crippen LogP contribution in [0.2, 0.25) is 0 Å². The van der Waals surface area contributed by atoms with Crippen LogP contribution in [0.4, 0.5) is 0 Å². The summed E-state index contributed by atoms with van der Waals surface area (Å²) in [5, 5.41) is 10.2. The third kappa shape index (κ3) is 2.91. The van der Waals surface area contributed by atoms with Crippen molar-refractivity contribution < 1.29 is 13.2 Å². The molecule has 1 heterocycles. The van der Waals surface area contributed by atoms with Gasteiger partial charge in [0.05, 0.1) is 12.6 Å². The lowest BCUT2D eigenvalue weighted by Crippen LogP contribution is -2.62. The Morgan fingerprint density at radius 1 is 1.57 bits per heavy atom. The minimum Gasteiger partial charge on any atom is -0.350 e. The van der Waals surface area contributed by atoms with Crippen molar-refractivity contribution in [2.45, 2.75) is 6.04 Å². The van der Waals surface area contributed by atoms with E-state index in [0.717, 1.165) is 4.31 Å². The van der Waals surface area contributed by atoms with Gasteiger partial charge in [0, 0.05) is 13.1 Å². The second-order valence-corrected chi connectivity index (χ2v) is 4.70. The van der Waals surface area contributed by atoms with Crippen molar-refractivity contribution in [1.82, 2.24) is 14.9 Å². The molecule has 8 heteroatoms. The van der Waals surface area contributed by atoms with Gasteiger partial charge in [-0.3, -0.25) is 4.79 Å². The molecule has 7 nitrogen and oxygen atoms in total. The first-order chi connectivity index (χ1) is 6.43. The summed E-state index contributed by atoms with van der Waals surface area (Å²) in [5.74, 6) is -0.147. The van der Waals surface area contributed by atoms with Crippen LogP contribution in [-0.4, -0.2) is 51.4 Å². The molecule has 1 aliphatic heterocycles. The molecule has 0 aromatic carbocycles. The number of nitrogens with one attached hydrogen (secondary N) is 2. The predicted octanol–water partition coefficient (Wildman–Crippen LogP) is -2.79. The second kappa shape index (κ2) is 4.22. The van der Waals surface area contributed by atoms with Gasteiger partial charge >= 0.3 is 0 Å². The van der Waals surface area contributed by atoms with Crippen LogP contribution < -0.4 is 15.8 Å². The Morgan fingerprint density at radius 2 is 2.14 bits per heavy atom. The van der Waals surface area contributed by atoms with E-state index in [1.807, 2.05) is 0 Å². The van der Waals surface area contributed by atoms with E-state index in [-0.39, 0.29) is 31.6 Å². The Bertz CT molecular complexity index is 309. The number of nitrogens with two attached hydrogens (primary N) is 1. The lowest BCUT2D eigenvalue weighted by Gasteiger charge is -2.36. The van der Waals surface area contributed by atoms with E-state index in [1.165, 1.54) is 0 Å². The maximum atomic E-state index is 11.0. The van der Waals surface area contributed by atoms with Gasteiger partial charge in [-0.05, 0) is 7.05 Å². The number of carbonyl (C=O) groups is 1. The molecule has 1 saturated heterocycles. The van der Waals surface area contributed by atoms with E-state index in [0.29, 0.717) is 0 Å². The smallest absolute Gasteiger partial charge is 0.277 e. The molecule has 0 aromatic rings. The summed E-state index contributed by atoms with van der Waals surface area (Å²) in [5.41, 5.74) is 0. The summed E-state index contributed by atoms with van der Waals surface area (Å²) in [4.78, 5) is 11.0. The molecule has 0 spiro atoms. The number of nitrogens with zero attached hydrogens (tertiary/aromatic N) is 1. The summed E-state index contributed by atoms with van der Waals surface area (Å²) in [6, 6.07) is -0.117. The highest BCUT2D eigenvalue weighted by molar-refractivity contribution is 7.86. The van der Waals surface area contributed by atoms with E-state index in [4.69, 9.17) is 5.14 Å². The first-order valence-electron chi connectivity index (χ1n) is 4.15. The quantitative estimate of drug-likeness (QED) is 0.478. The first-order valence-corrected chi connectivity index (χ1v) is 5.65. The maximum absolute atomic E-state index is 11.0. The molecule has 1 rings (SSSR count). The zero-order valence-corrected chi connectivity index (χ0v) is 8.67. The normalized spacial score (nSPS) is 19.0. The summed E-state index contributed by atoms with van der Waals surface area (Å²) in [7, 11) is -1.92. The van der Waals surface area contributed by atoms with Gasteiger partial charge in [0.25, 0.3) is 10.2 Å². The van der Waals surface area contributed by atoms with Crippen LogP contribution in [0.5, 0.6) is 0 Å². The van der Waals surface area contributed by atoms with Gasteiger partial charge in [0.2, 0.25) is 5.91 Å². The number of hydrogen-bond donors (Lipinski definition) is 3. The molecular weight excluding hydrogens is 208 g/mol. The second-order valence-electron chi connectivity index (χ2n) is 3.16. The topological polar surface area (TPSA) is 105 Å². The lowest BCUT2D eigenvalue weighted by atomic mass is 10.2. The van der Waals surface area contributed by atoms with E-state index in [9.17, 15) is 13.2 Å². The number of rotatable bonds is 4. The summed E-state index contributed by atoms with van der Waals surface area (Å²) in [6.45, 7) is 0.744. The molecule has 1 fully saturated rings. The van der Waals surface area contributed by atoms with Gasteiger partial charge < -0.3 is 10.6 Å². The van der Waals surface area contributed by atoms with E-state index >= 15 is 0 Å². The molecule has 0 radical (unpaired) electrons. The van der Waals surface area contributed by atoms with E-state index < -0.39 is 10.2 Å². The molecule has 1 amide bonds. The van der Waals surface area contributed by atoms with Gasteiger partial charge in [0.1, 0.15) is 0 Å². The summed E-state index contributed by atoms with van der Waals surface area (Å²) < 4.78 is 22.6. The monoisotopic (exact) mass is 222 g/mol. The Morgan fingerprint density at radius 3 is 2.57 bits per heavy atom. The Kier molecular flexibility index (Phi) is 3.43. The van der Waals surface area contributed by atoms with Crippen molar-refractivity contribution >= 4 is 16.1 Å². The van der Waals surface area contributed by atoms with E-state index in [2.05, 4.69) is 10.6 Å². The Balaban J connectivity index is 2.26. The van der Waals surface area contributed by atoms with E-state index in [1.54, 1.807) is 7.05 Å². The average molecular weight is 222 g/mol. The molecule has 0 bridgehead atoms. The molecule has 4 N–H and O–H groups in total. The fourth-order valence-corrected chi connectivity index (χ4v) is 1.95. The van der Waals surface area contributed by atoms with Crippen LogP contribution in [0.3, 0.4) is 0 Å². The lowest BCUT2D eigenvalue weighted by molar-refractivity contribution is -0.121. The highest BCUT2D eigenvalue weighted by Gasteiger charge is 2.34. The molecule has 14 heavy (non-hydrogen) atoms. The van der Waals surface area contributed by atoms with Crippen molar-refractivity contribution in [3.05, 3.63) is 0 Å². The van der Waals surface area contributed by atoms with Crippen molar-refractivity contribution in [2.24, 2.45) is 5.14 Å². The molecule has 0 saturated carbocycles. The first kappa shape index (κ1) is 11.4. The van der Waals surface area contributed by atoms with Crippen molar-refractivity contribution in [1.29, 1.82) is 0 Å². The highest BCUT2D eigenvalue weighted by atomic mass is 32.2. The third-order valence-electron chi connectivity index (χ3n) is 1.91. The molecule has 0 aliphatic carbocycles. The fraction of sp³-hybridized carbons (Fsp3) is 0.833. The van der Waals surface area contributed by atoms with Crippen molar-refractivity contribution in [3.8, 4) is 0 Å². The average Bonchev–Trinajstić information content (AvgIpc) is 1.94. The number of amides is 1. The van der Waals surface area contributed by atoms with Crippen molar-refractivity contribution in [3.63, 3.8) is 0 Å². The van der Waals surface area contributed by atoms with Crippen LogP contribution in [0.15, 0.2) is 0 Å². The summed E-state index contributed by atoms with van der Waals surface area (Å²) >= 11 is 0. The number of carbonyl (C=O) groups excluding carboxylic acids is 1. The predicted molar refractivity (Wildman–Crippen MR) is 50.5 cm³/mol. The zero-order valence-electron chi connectivity index (χ0n) is 7.86. The fourth-order valence-electron chi connectivity index (χ4n) is 1.18. The van der Waals surface area contributed by atoms with Gasteiger partial charge in [-0.1, -0.05) is 0 Å². The molecule has 82 valence electrons. The van der Waals surface area contributed by atoms with Crippen LogP contribution in [0.1, 0.15) is 0 Å². The molecular formula is C6H14N4O3S.